The van der Waals surface area contributed by atoms with Crippen molar-refractivity contribution in [3.8, 4) is 11.5 Å². The molecule has 2 aliphatic rings. The van der Waals surface area contributed by atoms with Crippen LogP contribution in [0.4, 0.5) is 5.69 Å². The van der Waals surface area contributed by atoms with E-state index in [9.17, 15) is 4.79 Å². The highest BCUT2D eigenvalue weighted by Gasteiger charge is 2.24. The summed E-state index contributed by atoms with van der Waals surface area (Å²) in [5.41, 5.74) is 0.684. The molecule has 24 heavy (non-hydrogen) atoms. The molecule has 0 aliphatic carbocycles. The summed E-state index contributed by atoms with van der Waals surface area (Å²) < 4.78 is 18.6. The van der Waals surface area contributed by atoms with Gasteiger partial charge < -0.3 is 19.5 Å². The van der Waals surface area contributed by atoms with Crippen LogP contribution in [0.15, 0.2) is 36.7 Å². The predicted octanol–water partition coefficient (Wildman–Crippen LogP) is 1.70. The van der Waals surface area contributed by atoms with Crippen molar-refractivity contribution in [2.75, 3.05) is 25.1 Å². The highest BCUT2D eigenvalue weighted by molar-refractivity contribution is 5.92. The fourth-order valence-corrected chi connectivity index (χ4v) is 2.88. The molecular weight excluding hydrogens is 310 g/mol. The van der Waals surface area contributed by atoms with Crippen molar-refractivity contribution in [2.24, 2.45) is 5.92 Å². The monoisotopic (exact) mass is 329 g/mol. The first-order valence-electron chi connectivity index (χ1n) is 8.07. The van der Waals surface area contributed by atoms with Crippen LogP contribution in [0, 0.1) is 5.92 Å². The van der Waals surface area contributed by atoms with Crippen LogP contribution in [0.1, 0.15) is 6.42 Å². The molecule has 126 valence electrons. The summed E-state index contributed by atoms with van der Waals surface area (Å²) in [4.78, 5) is 12.1. The predicted molar refractivity (Wildman–Crippen MR) is 86.1 cm³/mol. The molecule has 7 nitrogen and oxygen atoms in total. The fraction of sp³-hybridized carbons (Fsp3) is 0.412. The van der Waals surface area contributed by atoms with Gasteiger partial charge in [0.25, 0.3) is 0 Å². The molecule has 1 N–H and O–H groups in total. The third kappa shape index (κ3) is 3.21. The molecule has 7 heteroatoms. The molecule has 4 rings (SSSR count). The van der Waals surface area contributed by atoms with Crippen molar-refractivity contribution in [3.63, 3.8) is 0 Å². The topological polar surface area (TPSA) is 74.6 Å². The molecule has 0 radical (unpaired) electrons. The Morgan fingerprint density at radius 2 is 2.17 bits per heavy atom. The second-order valence-corrected chi connectivity index (χ2v) is 6.00. The lowest BCUT2D eigenvalue weighted by Gasteiger charge is -2.26. The van der Waals surface area contributed by atoms with E-state index in [4.69, 9.17) is 14.2 Å². The number of amides is 1. The van der Waals surface area contributed by atoms with Crippen LogP contribution in [0.5, 0.6) is 11.5 Å². The van der Waals surface area contributed by atoms with Crippen molar-refractivity contribution in [1.29, 1.82) is 0 Å². The Labute approximate surface area is 139 Å². The van der Waals surface area contributed by atoms with Gasteiger partial charge in [0.15, 0.2) is 17.6 Å². The van der Waals surface area contributed by atoms with Crippen LogP contribution < -0.4 is 14.8 Å². The van der Waals surface area contributed by atoms with E-state index in [1.165, 1.54) is 0 Å². The largest absolute Gasteiger partial charge is 0.486 e. The zero-order valence-electron chi connectivity index (χ0n) is 13.2. The number of benzene rings is 1. The van der Waals surface area contributed by atoms with Crippen molar-refractivity contribution in [3.05, 3.63) is 36.7 Å². The van der Waals surface area contributed by atoms with Gasteiger partial charge in [-0.2, -0.15) is 5.10 Å². The van der Waals surface area contributed by atoms with Gasteiger partial charge in [-0.1, -0.05) is 12.1 Å². The number of nitrogens with zero attached hydrogens (tertiary/aromatic N) is 2. The summed E-state index contributed by atoms with van der Waals surface area (Å²) in [6, 6.07) is 7.61. The molecule has 2 atom stereocenters. The van der Waals surface area contributed by atoms with Gasteiger partial charge >= 0.3 is 0 Å². The van der Waals surface area contributed by atoms with Gasteiger partial charge in [-0.15, -0.1) is 0 Å². The lowest BCUT2D eigenvalue weighted by molar-refractivity contribution is -0.119. The lowest BCUT2D eigenvalue weighted by atomic mass is 10.1. The SMILES string of the molecule is O=C(Nc1cnn(CC2COc3ccccc3O2)c1)C1CCOC1. The first-order valence-corrected chi connectivity index (χ1v) is 8.07. The summed E-state index contributed by atoms with van der Waals surface area (Å²) in [5.74, 6) is 1.43. The maximum atomic E-state index is 12.1. The van der Waals surface area contributed by atoms with E-state index in [2.05, 4.69) is 10.4 Å². The molecule has 0 saturated carbocycles. The van der Waals surface area contributed by atoms with Crippen LogP contribution in [-0.2, 0) is 16.1 Å². The van der Waals surface area contributed by atoms with Crippen LogP contribution in [0.3, 0.4) is 0 Å². The van der Waals surface area contributed by atoms with Gasteiger partial charge in [-0.25, -0.2) is 0 Å². The minimum Gasteiger partial charge on any atom is -0.486 e. The van der Waals surface area contributed by atoms with Crippen molar-refractivity contribution in [1.82, 2.24) is 9.78 Å². The number of carbonyl (C=O) groups is 1. The maximum absolute atomic E-state index is 12.1. The minimum atomic E-state index is -0.119. The summed E-state index contributed by atoms with van der Waals surface area (Å²) in [5, 5.41) is 7.16. The number of ether oxygens (including phenoxy) is 3. The summed E-state index contributed by atoms with van der Waals surface area (Å²) in [6.07, 6.45) is 4.10. The number of aromatic nitrogens is 2. The standard InChI is InChI=1S/C17H19N3O4/c21-17(12-5-6-22-10-12)19-13-7-18-20(8-13)9-14-11-23-15-3-1-2-4-16(15)24-14/h1-4,7-8,12,14H,5-6,9-11H2,(H,19,21). The van der Waals surface area contributed by atoms with E-state index in [1.54, 1.807) is 17.1 Å². The van der Waals surface area contributed by atoms with E-state index in [0.29, 0.717) is 32.1 Å². The summed E-state index contributed by atoms with van der Waals surface area (Å²) in [7, 11) is 0. The molecule has 2 aromatic rings. The number of rotatable bonds is 4. The first-order chi connectivity index (χ1) is 11.8. The van der Waals surface area contributed by atoms with Gasteiger partial charge in [0.05, 0.1) is 31.0 Å². The number of anilines is 1. The third-order valence-electron chi connectivity index (χ3n) is 4.16. The zero-order chi connectivity index (χ0) is 16.4. The van der Waals surface area contributed by atoms with Gasteiger partial charge in [0.1, 0.15) is 6.61 Å². The van der Waals surface area contributed by atoms with E-state index in [-0.39, 0.29) is 17.9 Å². The van der Waals surface area contributed by atoms with Crippen molar-refractivity contribution in [2.45, 2.75) is 19.1 Å². The minimum absolute atomic E-state index is 0.0155. The Balaban J connectivity index is 1.35. The smallest absolute Gasteiger partial charge is 0.229 e. The Kier molecular flexibility index (Phi) is 4.08. The fourth-order valence-electron chi connectivity index (χ4n) is 2.88. The van der Waals surface area contributed by atoms with E-state index < -0.39 is 0 Å². The number of hydrogen-bond acceptors (Lipinski definition) is 5. The van der Waals surface area contributed by atoms with Crippen LogP contribution in [0.25, 0.3) is 0 Å². The molecule has 1 aromatic carbocycles. The van der Waals surface area contributed by atoms with E-state index >= 15 is 0 Å². The zero-order valence-corrected chi connectivity index (χ0v) is 13.2. The Hall–Kier alpha value is -2.54. The normalized spacial score (nSPS) is 22.3. The van der Waals surface area contributed by atoms with Crippen LogP contribution in [0.2, 0.25) is 0 Å². The number of carbonyl (C=O) groups excluding carboxylic acids is 1. The number of nitrogens with one attached hydrogen (secondary N) is 1. The molecule has 0 spiro atoms. The van der Waals surface area contributed by atoms with Crippen molar-refractivity contribution >= 4 is 11.6 Å². The Bertz CT molecular complexity index is 724. The maximum Gasteiger partial charge on any atom is 0.229 e. The van der Waals surface area contributed by atoms with Gasteiger partial charge in [0, 0.05) is 12.8 Å². The number of fused-ring (bicyclic) bond motifs is 1. The first kappa shape index (κ1) is 15.0. The highest BCUT2D eigenvalue weighted by Crippen LogP contribution is 2.31. The van der Waals surface area contributed by atoms with Gasteiger partial charge in [0.2, 0.25) is 5.91 Å². The van der Waals surface area contributed by atoms with Gasteiger partial charge in [-0.05, 0) is 18.6 Å². The molecular formula is C17H19N3O4. The lowest BCUT2D eigenvalue weighted by Crippen LogP contribution is -2.33. The van der Waals surface area contributed by atoms with E-state index in [1.807, 2.05) is 24.3 Å². The quantitative estimate of drug-likeness (QED) is 0.924. The number of hydrogen-bond donors (Lipinski definition) is 1. The van der Waals surface area contributed by atoms with E-state index in [0.717, 1.165) is 17.9 Å². The third-order valence-corrected chi connectivity index (χ3v) is 4.16. The molecule has 1 amide bonds. The van der Waals surface area contributed by atoms with Crippen LogP contribution in [-0.4, -0.2) is 41.6 Å². The molecule has 2 unspecified atom stereocenters. The molecule has 1 aromatic heterocycles. The summed E-state index contributed by atoms with van der Waals surface area (Å²) >= 11 is 0. The second-order valence-electron chi connectivity index (χ2n) is 6.00. The Morgan fingerprint density at radius 3 is 3.00 bits per heavy atom. The number of para-hydroxylation sites is 2. The summed E-state index contributed by atoms with van der Waals surface area (Å²) in [6.45, 7) is 2.17. The molecule has 1 saturated heterocycles. The second kappa shape index (κ2) is 6.52. The molecule has 3 heterocycles. The average molecular weight is 329 g/mol. The van der Waals surface area contributed by atoms with Crippen molar-refractivity contribution < 1.29 is 19.0 Å². The van der Waals surface area contributed by atoms with Gasteiger partial charge in [-0.3, -0.25) is 9.48 Å². The molecule has 0 bridgehead atoms. The molecule has 2 aliphatic heterocycles. The average Bonchev–Trinajstić information content (AvgIpc) is 3.27. The van der Waals surface area contributed by atoms with Crippen LogP contribution >= 0.6 is 0 Å². The Morgan fingerprint density at radius 1 is 1.29 bits per heavy atom. The molecule has 1 fully saturated rings. The highest BCUT2D eigenvalue weighted by atomic mass is 16.6.